The van der Waals surface area contributed by atoms with E-state index in [4.69, 9.17) is 4.98 Å². The molecule has 37 heavy (non-hydrogen) atoms. The van der Waals surface area contributed by atoms with Crippen molar-refractivity contribution < 1.29 is 18.8 Å². The number of hydrogen-bond donors (Lipinski definition) is 1. The summed E-state index contributed by atoms with van der Waals surface area (Å²) in [5.41, 5.74) is 4.56. The molecule has 8 heteroatoms. The van der Waals surface area contributed by atoms with Gasteiger partial charge in [-0.1, -0.05) is 60.7 Å². The van der Waals surface area contributed by atoms with Gasteiger partial charge in [0, 0.05) is 36.7 Å². The quantitative estimate of drug-likeness (QED) is 0.428. The number of fused-ring (bicyclic) bond motifs is 1. The summed E-state index contributed by atoms with van der Waals surface area (Å²) in [5, 5.41) is 2.29. The van der Waals surface area contributed by atoms with E-state index in [1.54, 1.807) is 6.07 Å². The molecule has 1 N–H and O–H groups in total. The minimum Gasteiger partial charge on any atom is -0.327 e. The van der Waals surface area contributed by atoms with Gasteiger partial charge < -0.3 is 9.47 Å². The van der Waals surface area contributed by atoms with Crippen LogP contribution in [0.2, 0.25) is 0 Å². The predicted molar refractivity (Wildman–Crippen MR) is 136 cm³/mol. The number of amides is 3. The summed E-state index contributed by atoms with van der Waals surface area (Å²) >= 11 is 0. The van der Waals surface area contributed by atoms with Crippen molar-refractivity contribution in [3.63, 3.8) is 0 Å². The van der Waals surface area contributed by atoms with Crippen molar-refractivity contribution in [3.05, 3.63) is 89.7 Å². The van der Waals surface area contributed by atoms with Crippen LogP contribution in [0.5, 0.6) is 0 Å². The highest BCUT2D eigenvalue weighted by Crippen LogP contribution is 2.38. The lowest BCUT2D eigenvalue weighted by Gasteiger charge is -2.29. The van der Waals surface area contributed by atoms with E-state index in [2.05, 4.69) is 5.32 Å². The van der Waals surface area contributed by atoms with Crippen molar-refractivity contribution in [2.75, 3.05) is 0 Å². The van der Waals surface area contributed by atoms with Gasteiger partial charge in [0.25, 0.3) is 5.91 Å². The molecule has 1 fully saturated rings. The third-order valence-electron chi connectivity index (χ3n) is 7.04. The van der Waals surface area contributed by atoms with E-state index < -0.39 is 23.7 Å². The number of imidazole rings is 1. The summed E-state index contributed by atoms with van der Waals surface area (Å²) in [4.78, 5) is 43.3. The Hall–Kier alpha value is -4.59. The summed E-state index contributed by atoms with van der Waals surface area (Å²) in [5.74, 6) is -1.39. The molecule has 2 aliphatic rings. The number of benzene rings is 3. The SMILES string of the molecule is Cn1c(-c2cc3c(cc2F)C(=O)N(C2CCC(=O)NC2=O)C3)nc(-c2ccccc2)c1-c1ccccc1. The van der Waals surface area contributed by atoms with E-state index in [1.807, 2.05) is 72.3 Å². The Bertz CT molecular complexity index is 1560. The van der Waals surface area contributed by atoms with Crippen molar-refractivity contribution in [2.45, 2.75) is 25.4 Å². The highest BCUT2D eigenvalue weighted by molar-refractivity contribution is 6.05. The fourth-order valence-electron chi connectivity index (χ4n) is 5.22. The number of halogens is 1. The van der Waals surface area contributed by atoms with Gasteiger partial charge in [0.15, 0.2) is 0 Å². The third-order valence-corrected chi connectivity index (χ3v) is 7.04. The van der Waals surface area contributed by atoms with Gasteiger partial charge in [-0.3, -0.25) is 19.7 Å². The molecule has 2 aliphatic heterocycles. The number of piperidine rings is 1. The van der Waals surface area contributed by atoms with Crippen LogP contribution in [0.3, 0.4) is 0 Å². The number of rotatable bonds is 4. The first-order chi connectivity index (χ1) is 17.9. The summed E-state index contributed by atoms with van der Waals surface area (Å²) < 4.78 is 17.5. The monoisotopic (exact) mass is 494 g/mol. The number of carbonyl (C=O) groups excluding carboxylic acids is 3. The van der Waals surface area contributed by atoms with E-state index in [-0.39, 0.29) is 36.4 Å². The maximum absolute atomic E-state index is 15.6. The molecule has 4 aromatic rings. The molecule has 1 unspecified atom stereocenters. The minimum absolute atomic E-state index is 0.161. The zero-order valence-electron chi connectivity index (χ0n) is 20.1. The van der Waals surface area contributed by atoms with E-state index in [9.17, 15) is 14.4 Å². The fraction of sp³-hybridized carbons (Fsp3) is 0.172. The van der Waals surface area contributed by atoms with Crippen LogP contribution in [0, 0.1) is 5.82 Å². The molecule has 0 radical (unpaired) electrons. The molecule has 7 nitrogen and oxygen atoms in total. The average Bonchev–Trinajstić information content (AvgIpc) is 3.41. The van der Waals surface area contributed by atoms with Crippen LogP contribution in [0.4, 0.5) is 4.39 Å². The van der Waals surface area contributed by atoms with Gasteiger partial charge in [0.2, 0.25) is 11.8 Å². The van der Waals surface area contributed by atoms with E-state index in [0.29, 0.717) is 11.4 Å². The third kappa shape index (κ3) is 3.81. The molecule has 1 aromatic heterocycles. The van der Waals surface area contributed by atoms with Crippen molar-refractivity contribution in [3.8, 4) is 33.9 Å². The molecule has 1 atom stereocenters. The van der Waals surface area contributed by atoms with Crippen LogP contribution in [0.1, 0.15) is 28.8 Å². The first-order valence-corrected chi connectivity index (χ1v) is 12.1. The molecule has 0 spiro atoms. The van der Waals surface area contributed by atoms with Crippen molar-refractivity contribution in [1.29, 1.82) is 0 Å². The molecule has 3 aromatic carbocycles. The lowest BCUT2D eigenvalue weighted by Crippen LogP contribution is -2.52. The first kappa shape index (κ1) is 22.8. The standard InChI is InChI=1S/C29H23FN4O3/c1-33-26(18-10-6-3-7-11-18)25(17-8-4-2-5-9-17)32-27(33)21-14-19-16-34(29(37)20(19)15-22(21)30)23-12-13-24(35)31-28(23)36/h2-11,14-15,23H,12-13,16H2,1H3,(H,31,35,36). The number of carbonyl (C=O) groups is 3. The molecule has 0 aliphatic carbocycles. The van der Waals surface area contributed by atoms with Gasteiger partial charge in [-0.05, 0) is 24.1 Å². The highest BCUT2D eigenvalue weighted by atomic mass is 19.1. The topological polar surface area (TPSA) is 84.3 Å². The first-order valence-electron chi connectivity index (χ1n) is 12.1. The van der Waals surface area contributed by atoms with Crippen LogP contribution in [0.15, 0.2) is 72.8 Å². The number of aromatic nitrogens is 2. The van der Waals surface area contributed by atoms with Crippen LogP contribution in [-0.2, 0) is 23.2 Å². The van der Waals surface area contributed by atoms with Gasteiger partial charge in [-0.2, -0.15) is 0 Å². The molecule has 3 amide bonds. The summed E-state index contributed by atoms with van der Waals surface area (Å²) in [7, 11) is 1.85. The van der Waals surface area contributed by atoms with Crippen molar-refractivity contribution in [2.24, 2.45) is 7.05 Å². The van der Waals surface area contributed by atoms with Crippen molar-refractivity contribution >= 4 is 17.7 Å². The van der Waals surface area contributed by atoms with Gasteiger partial charge in [-0.15, -0.1) is 0 Å². The Kier molecular flexibility index (Phi) is 5.44. The molecule has 0 bridgehead atoms. The van der Waals surface area contributed by atoms with Gasteiger partial charge in [0.05, 0.1) is 17.0 Å². The molecular formula is C29H23FN4O3. The molecule has 184 valence electrons. The zero-order chi connectivity index (χ0) is 25.7. The minimum atomic E-state index is -0.758. The highest BCUT2D eigenvalue weighted by Gasteiger charge is 2.40. The molecule has 0 saturated carbocycles. The van der Waals surface area contributed by atoms with Crippen LogP contribution < -0.4 is 5.32 Å². The molecule has 1 saturated heterocycles. The second-order valence-corrected chi connectivity index (χ2v) is 9.31. The number of hydrogen-bond acceptors (Lipinski definition) is 4. The summed E-state index contributed by atoms with van der Waals surface area (Å²) in [6.45, 7) is 0.162. The number of nitrogens with zero attached hydrogens (tertiary/aromatic N) is 3. The maximum atomic E-state index is 15.6. The van der Waals surface area contributed by atoms with Crippen molar-refractivity contribution in [1.82, 2.24) is 19.8 Å². The van der Waals surface area contributed by atoms with E-state index in [0.717, 1.165) is 22.5 Å². The maximum Gasteiger partial charge on any atom is 0.255 e. The van der Waals surface area contributed by atoms with Crippen LogP contribution >= 0.6 is 0 Å². The summed E-state index contributed by atoms with van der Waals surface area (Å²) in [6, 6.07) is 21.7. The zero-order valence-corrected chi connectivity index (χ0v) is 20.1. The summed E-state index contributed by atoms with van der Waals surface area (Å²) in [6.07, 6.45) is 0.411. The number of nitrogens with one attached hydrogen (secondary N) is 1. The van der Waals surface area contributed by atoms with Crippen LogP contribution in [-0.4, -0.2) is 38.2 Å². The lowest BCUT2D eigenvalue weighted by atomic mass is 10.0. The lowest BCUT2D eigenvalue weighted by molar-refractivity contribution is -0.136. The Morgan fingerprint density at radius 2 is 1.59 bits per heavy atom. The second-order valence-electron chi connectivity index (χ2n) is 9.31. The van der Waals surface area contributed by atoms with Gasteiger partial charge in [0.1, 0.15) is 17.7 Å². The predicted octanol–water partition coefficient (Wildman–Crippen LogP) is 4.32. The van der Waals surface area contributed by atoms with E-state index in [1.165, 1.54) is 11.0 Å². The average molecular weight is 495 g/mol. The fourth-order valence-corrected chi connectivity index (χ4v) is 5.22. The number of imide groups is 1. The van der Waals surface area contributed by atoms with Gasteiger partial charge >= 0.3 is 0 Å². The smallest absolute Gasteiger partial charge is 0.255 e. The van der Waals surface area contributed by atoms with E-state index >= 15 is 4.39 Å². The normalized spacial score (nSPS) is 17.2. The Morgan fingerprint density at radius 3 is 2.27 bits per heavy atom. The molecule has 3 heterocycles. The largest absolute Gasteiger partial charge is 0.327 e. The second kappa shape index (κ2) is 8.81. The Morgan fingerprint density at radius 1 is 0.919 bits per heavy atom. The van der Waals surface area contributed by atoms with Gasteiger partial charge in [-0.25, -0.2) is 9.37 Å². The Balaban J connectivity index is 1.44. The molecular weight excluding hydrogens is 471 g/mol. The molecule has 6 rings (SSSR count). The Labute approximate surface area is 212 Å². The van der Waals surface area contributed by atoms with Crippen LogP contribution in [0.25, 0.3) is 33.9 Å².